The molecule has 1 saturated carbocycles. The van der Waals surface area contributed by atoms with Crippen LogP contribution in [0.15, 0.2) is 24.3 Å². The summed E-state index contributed by atoms with van der Waals surface area (Å²) in [6.07, 6.45) is 1.58. The van der Waals surface area contributed by atoms with Crippen molar-refractivity contribution in [2.24, 2.45) is 5.73 Å². The van der Waals surface area contributed by atoms with E-state index in [0.29, 0.717) is 6.54 Å². The molecule has 0 unspecified atom stereocenters. The Hall–Kier alpha value is -1.26. The summed E-state index contributed by atoms with van der Waals surface area (Å²) in [4.78, 5) is 11.6. The number of carbonyl (C=O) groups excluding carboxylic acids is 1. The van der Waals surface area contributed by atoms with Gasteiger partial charge in [-0.05, 0) is 30.5 Å². The van der Waals surface area contributed by atoms with Crippen LogP contribution in [-0.2, 0) is 11.3 Å². The lowest BCUT2D eigenvalue weighted by atomic mass is 10.2. The molecule has 0 aliphatic heterocycles. The van der Waals surface area contributed by atoms with E-state index in [-0.39, 0.29) is 18.3 Å². The molecule has 1 aromatic rings. The summed E-state index contributed by atoms with van der Waals surface area (Å²) < 4.78 is 5.10. The molecule has 1 amide bonds. The largest absolute Gasteiger partial charge is 0.497 e. The highest BCUT2D eigenvalue weighted by molar-refractivity contribution is 5.88. The minimum atomic E-state index is -0.598. The van der Waals surface area contributed by atoms with Gasteiger partial charge < -0.3 is 15.8 Å². The number of hydrogen-bond donors (Lipinski definition) is 2. The molecule has 0 bridgehead atoms. The summed E-state index contributed by atoms with van der Waals surface area (Å²) in [5.41, 5.74) is 6.19. The summed E-state index contributed by atoms with van der Waals surface area (Å²) in [7, 11) is 1.62. The highest BCUT2D eigenvalue weighted by Gasteiger charge is 2.45. The van der Waals surface area contributed by atoms with Crippen LogP contribution in [0.1, 0.15) is 18.4 Å². The second-order valence-electron chi connectivity index (χ2n) is 4.19. The topological polar surface area (TPSA) is 64.3 Å². The Morgan fingerprint density at radius 3 is 2.82 bits per heavy atom. The van der Waals surface area contributed by atoms with Crippen molar-refractivity contribution in [2.45, 2.75) is 24.9 Å². The van der Waals surface area contributed by atoms with Crippen LogP contribution in [0, 0.1) is 0 Å². The summed E-state index contributed by atoms with van der Waals surface area (Å²) in [5.74, 6) is 0.732. The molecule has 94 valence electrons. The molecule has 0 spiro atoms. The van der Waals surface area contributed by atoms with Crippen molar-refractivity contribution in [3.8, 4) is 5.75 Å². The van der Waals surface area contributed by atoms with Crippen molar-refractivity contribution < 1.29 is 9.53 Å². The first-order valence-corrected chi connectivity index (χ1v) is 5.34. The van der Waals surface area contributed by atoms with E-state index >= 15 is 0 Å². The fraction of sp³-hybridized carbons (Fsp3) is 0.417. The van der Waals surface area contributed by atoms with Gasteiger partial charge in [0.1, 0.15) is 5.75 Å². The van der Waals surface area contributed by atoms with Crippen molar-refractivity contribution in [3.63, 3.8) is 0 Å². The first-order chi connectivity index (χ1) is 7.64. The number of methoxy groups -OCH3 is 1. The zero-order chi connectivity index (χ0) is 11.6. The standard InChI is InChI=1S/C12H16N2O2.ClH/c1-16-10-4-2-3-9(7-10)8-14-11(15)12(13)5-6-12;/h2-4,7H,5-6,8,13H2,1H3,(H,14,15);1H. The predicted molar refractivity (Wildman–Crippen MR) is 68.2 cm³/mol. The molecular weight excluding hydrogens is 240 g/mol. The molecule has 17 heavy (non-hydrogen) atoms. The summed E-state index contributed by atoms with van der Waals surface area (Å²) in [5, 5.41) is 2.83. The van der Waals surface area contributed by atoms with E-state index < -0.39 is 5.54 Å². The first kappa shape index (κ1) is 13.8. The maximum Gasteiger partial charge on any atom is 0.240 e. The molecule has 0 atom stereocenters. The summed E-state index contributed by atoms with van der Waals surface area (Å²) >= 11 is 0. The van der Waals surface area contributed by atoms with Crippen LogP contribution < -0.4 is 15.8 Å². The fourth-order valence-corrected chi connectivity index (χ4v) is 1.50. The molecule has 0 heterocycles. The lowest BCUT2D eigenvalue weighted by Gasteiger charge is -2.10. The van der Waals surface area contributed by atoms with Gasteiger partial charge in [0.25, 0.3) is 0 Å². The Bertz CT molecular complexity index is 405. The van der Waals surface area contributed by atoms with Crippen LogP contribution in [0.3, 0.4) is 0 Å². The van der Waals surface area contributed by atoms with E-state index in [2.05, 4.69) is 5.32 Å². The van der Waals surface area contributed by atoms with Crippen LogP contribution in [0.25, 0.3) is 0 Å². The number of nitrogens with one attached hydrogen (secondary N) is 1. The normalized spacial score (nSPS) is 15.6. The maximum atomic E-state index is 11.6. The highest BCUT2D eigenvalue weighted by Crippen LogP contribution is 2.32. The second-order valence-corrected chi connectivity index (χ2v) is 4.19. The third-order valence-electron chi connectivity index (χ3n) is 2.83. The van der Waals surface area contributed by atoms with Crippen molar-refractivity contribution in [1.82, 2.24) is 5.32 Å². The van der Waals surface area contributed by atoms with E-state index in [1.807, 2.05) is 24.3 Å². The van der Waals surface area contributed by atoms with Gasteiger partial charge in [-0.25, -0.2) is 0 Å². The van der Waals surface area contributed by atoms with Gasteiger partial charge in [0.2, 0.25) is 5.91 Å². The Balaban J connectivity index is 0.00000144. The Labute approximate surface area is 107 Å². The number of hydrogen-bond acceptors (Lipinski definition) is 3. The van der Waals surface area contributed by atoms with Crippen molar-refractivity contribution in [1.29, 1.82) is 0 Å². The molecule has 2 rings (SSSR count). The summed E-state index contributed by atoms with van der Waals surface area (Å²) in [6.45, 7) is 0.495. The van der Waals surface area contributed by atoms with Gasteiger partial charge >= 0.3 is 0 Å². The Morgan fingerprint density at radius 1 is 1.53 bits per heavy atom. The smallest absolute Gasteiger partial charge is 0.240 e. The van der Waals surface area contributed by atoms with E-state index in [0.717, 1.165) is 24.2 Å². The molecular formula is C12H17ClN2O2. The number of halogens is 1. The lowest BCUT2D eigenvalue weighted by molar-refractivity contribution is -0.123. The van der Waals surface area contributed by atoms with Gasteiger partial charge in [-0.3, -0.25) is 4.79 Å². The van der Waals surface area contributed by atoms with Crippen LogP contribution in [0.5, 0.6) is 5.75 Å². The van der Waals surface area contributed by atoms with E-state index in [4.69, 9.17) is 10.5 Å². The third-order valence-corrected chi connectivity index (χ3v) is 2.83. The summed E-state index contributed by atoms with van der Waals surface area (Å²) in [6, 6.07) is 7.61. The number of nitrogens with two attached hydrogens (primary N) is 1. The van der Waals surface area contributed by atoms with Gasteiger partial charge in [0.15, 0.2) is 0 Å². The Kier molecular flexibility index (Phi) is 4.37. The number of amides is 1. The van der Waals surface area contributed by atoms with Crippen LogP contribution in [0.4, 0.5) is 0 Å². The van der Waals surface area contributed by atoms with Gasteiger partial charge in [-0.1, -0.05) is 12.1 Å². The van der Waals surface area contributed by atoms with Gasteiger partial charge in [-0.2, -0.15) is 0 Å². The van der Waals surface area contributed by atoms with E-state index in [1.54, 1.807) is 7.11 Å². The zero-order valence-corrected chi connectivity index (χ0v) is 10.5. The number of carbonyl (C=O) groups is 1. The molecule has 0 saturated heterocycles. The van der Waals surface area contributed by atoms with E-state index in [1.165, 1.54) is 0 Å². The van der Waals surface area contributed by atoms with Crippen LogP contribution in [0.2, 0.25) is 0 Å². The Morgan fingerprint density at radius 2 is 2.24 bits per heavy atom. The number of ether oxygens (including phenoxy) is 1. The van der Waals surface area contributed by atoms with Gasteiger partial charge in [-0.15, -0.1) is 12.4 Å². The molecule has 1 fully saturated rings. The van der Waals surface area contributed by atoms with Crippen LogP contribution in [-0.4, -0.2) is 18.6 Å². The van der Waals surface area contributed by atoms with Crippen molar-refractivity contribution in [2.75, 3.05) is 7.11 Å². The maximum absolute atomic E-state index is 11.6. The number of rotatable bonds is 4. The highest BCUT2D eigenvalue weighted by atomic mass is 35.5. The van der Waals surface area contributed by atoms with Gasteiger partial charge in [0, 0.05) is 6.54 Å². The van der Waals surface area contributed by atoms with E-state index in [9.17, 15) is 4.79 Å². The molecule has 4 nitrogen and oxygen atoms in total. The lowest BCUT2D eigenvalue weighted by Crippen LogP contribution is -2.42. The molecule has 3 N–H and O–H groups in total. The zero-order valence-electron chi connectivity index (χ0n) is 9.73. The molecule has 5 heteroatoms. The molecule has 0 radical (unpaired) electrons. The monoisotopic (exact) mass is 256 g/mol. The first-order valence-electron chi connectivity index (χ1n) is 5.34. The fourth-order valence-electron chi connectivity index (χ4n) is 1.50. The second kappa shape index (κ2) is 5.38. The number of benzene rings is 1. The average molecular weight is 257 g/mol. The molecule has 1 aliphatic carbocycles. The third kappa shape index (κ3) is 3.35. The van der Waals surface area contributed by atoms with Crippen molar-refractivity contribution >= 4 is 18.3 Å². The van der Waals surface area contributed by atoms with Gasteiger partial charge in [0.05, 0.1) is 12.6 Å². The molecule has 1 aliphatic rings. The minimum absolute atomic E-state index is 0. The van der Waals surface area contributed by atoms with Crippen molar-refractivity contribution in [3.05, 3.63) is 29.8 Å². The quantitative estimate of drug-likeness (QED) is 0.852. The predicted octanol–water partition coefficient (Wildman–Crippen LogP) is 1.22. The minimum Gasteiger partial charge on any atom is -0.497 e. The average Bonchev–Trinajstić information content (AvgIpc) is 3.06. The molecule has 1 aromatic carbocycles. The van der Waals surface area contributed by atoms with Crippen LogP contribution >= 0.6 is 12.4 Å². The SMILES string of the molecule is COc1cccc(CNC(=O)C2(N)CC2)c1.Cl. The molecule has 0 aromatic heterocycles.